The van der Waals surface area contributed by atoms with Crippen molar-refractivity contribution in [1.82, 2.24) is 4.98 Å². The van der Waals surface area contributed by atoms with Gasteiger partial charge in [0.1, 0.15) is 6.26 Å². The van der Waals surface area contributed by atoms with Crippen LogP contribution in [0.2, 0.25) is 0 Å². The maximum atomic E-state index is 5.61. The maximum Gasteiger partial charge on any atom is 0.297 e. The van der Waals surface area contributed by atoms with E-state index < -0.39 is 0 Å². The highest BCUT2D eigenvalue weighted by Crippen LogP contribution is 2.19. The minimum absolute atomic E-state index is 0.428. The van der Waals surface area contributed by atoms with E-state index >= 15 is 0 Å². The molecule has 1 aliphatic heterocycles. The lowest BCUT2D eigenvalue weighted by Crippen LogP contribution is -2.17. The minimum Gasteiger partial charge on any atom is -0.432 e. The van der Waals surface area contributed by atoms with Crippen LogP contribution in [0.4, 0.5) is 6.01 Å². The fraction of sp³-hybridized carbons (Fsp3) is 0.625. The van der Waals surface area contributed by atoms with E-state index in [4.69, 9.17) is 16.0 Å². The van der Waals surface area contributed by atoms with Crippen molar-refractivity contribution in [3.63, 3.8) is 0 Å². The summed E-state index contributed by atoms with van der Waals surface area (Å²) >= 11 is 5.61. The third kappa shape index (κ3) is 1.41. The Hall–Kier alpha value is -0.700. The number of aromatic nitrogens is 1. The molecule has 1 saturated heterocycles. The Morgan fingerprint density at radius 3 is 2.83 bits per heavy atom. The quantitative estimate of drug-likeness (QED) is 0.662. The van der Waals surface area contributed by atoms with Gasteiger partial charge in [0.05, 0.1) is 11.6 Å². The molecule has 66 valence electrons. The number of alkyl halides is 1. The molecule has 1 aliphatic rings. The van der Waals surface area contributed by atoms with Crippen molar-refractivity contribution >= 4 is 17.6 Å². The van der Waals surface area contributed by atoms with Crippen LogP contribution in [-0.4, -0.2) is 18.1 Å². The molecule has 1 aromatic rings. The zero-order valence-electron chi connectivity index (χ0n) is 6.79. The fourth-order valence-electron chi connectivity index (χ4n) is 1.41. The number of hydrogen-bond acceptors (Lipinski definition) is 3. The normalized spacial score (nSPS) is 17.2. The maximum absolute atomic E-state index is 5.61. The second-order valence-corrected chi connectivity index (χ2v) is 3.22. The summed E-state index contributed by atoms with van der Waals surface area (Å²) in [6, 6.07) is 0.725. The third-order valence-electron chi connectivity index (χ3n) is 2.05. The first-order valence-electron chi connectivity index (χ1n) is 4.15. The summed E-state index contributed by atoms with van der Waals surface area (Å²) in [5.74, 6) is 0.428. The number of anilines is 1. The van der Waals surface area contributed by atoms with Gasteiger partial charge in [-0.1, -0.05) is 0 Å². The Bertz CT molecular complexity index is 255. The van der Waals surface area contributed by atoms with Crippen LogP contribution in [0.3, 0.4) is 0 Å². The molecule has 4 heteroatoms. The van der Waals surface area contributed by atoms with Crippen LogP contribution in [0.1, 0.15) is 18.5 Å². The van der Waals surface area contributed by atoms with Crippen molar-refractivity contribution in [1.29, 1.82) is 0 Å². The first-order valence-corrected chi connectivity index (χ1v) is 4.69. The van der Waals surface area contributed by atoms with Gasteiger partial charge in [-0.25, -0.2) is 0 Å². The van der Waals surface area contributed by atoms with Crippen LogP contribution in [0.5, 0.6) is 0 Å². The molecule has 2 heterocycles. The Kier molecular flexibility index (Phi) is 2.21. The van der Waals surface area contributed by atoms with Crippen LogP contribution in [0, 0.1) is 0 Å². The van der Waals surface area contributed by atoms with Crippen molar-refractivity contribution in [2.24, 2.45) is 0 Å². The van der Waals surface area contributed by atoms with Gasteiger partial charge in [-0.05, 0) is 12.8 Å². The zero-order valence-corrected chi connectivity index (χ0v) is 7.55. The van der Waals surface area contributed by atoms with Gasteiger partial charge in [0.2, 0.25) is 0 Å². The molecule has 0 spiro atoms. The molecular weight excluding hydrogens is 176 g/mol. The molecule has 3 nitrogen and oxygen atoms in total. The van der Waals surface area contributed by atoms with Crippen molar-refractivity contribution in [3.8, 4) is 0 Å². The lowest BCUT2D eigenvalue weighted by Gasteiger charge is -2.10. The number of hydrogen-bond donors (Lipinski definition) is 0. The minimum atomic E-state index is 0.428. The van der Waals surface area contributed by atoms with Crippen LogP contribution in [0.15, 0.2) is 10.7 Å². The Labute approximate surface area is 76.3 Å². The van der Waals surface area contributed by atoms with Crippen molar-refractivity contribution in [2.45, 2.75) is 18.7 Å². The first-order chi connectivity index (χ1) is 5.90. The molecule has 0 unspecified atom stereocenters. The Balaban J connectivity index is 2.11. The smallest absolute Gasteiger partial charge is 0.297 e. The summed E-state index contributed by atoms with van der Waals surface area (Å²) in [7, 11) is 0. The van der Waals surface area contributed by atoms with Gasteiger partial charge in [-0.2, -0.15) is 4.98 Å². The van der Waals surface area contributed by atoms with Gasteiger partial charge in [-0.15, -0.1) is 11.6 Å². The van der Waals surface area contributed by atoms with E-state index in [0.717, 1.165) is 24.8 Å². The van der Waals surface area contributed by atoms with Gasteiger partial charge in [0.15, 0.2) is 0 Å². The second-order valence-electron chi connectivity index (χ2n) is 2.95. The summed E-state index contributed by atoms with van der Waals surface area (Å²) in [5.41, 5.74) is 0.818. The van der Waals surface area contributed by atoms with Gasteiger partial charge in [0, 0.05) is 13.1 Å². The van der Waals surface area contributed by atoms with Crippen molar-refractivity contribution in [3.05, 3.63) is 12.0 Å². The van der Waals surface area contributed by atoms with E-state index in [1.807, 2.05) is 0 Å². The van der Waals surface area contributed by atoms with Crippen molar-refractivity contribution < 1.29 is 4.42 Å². The van der Waals surface area contributed by atoms with Crippen LogP contribution in [-0.2, 0) is 5.88 Å². The fourth-order valence-corrected chi connectivity index (χ4v) is 1.53. The monoisotopic (exact) mass is 186 g/mol. The molecule has 0 amide bonds. The molecule has 0 saturated carbocycles. The molecule has 0 N–H and O–H groups in total. The number of halogens is 1. The average Bonchev–Trinajstić information content (AvgIpc) is 2.75. The van der Waals surface area contributed by atoms with E-state index in [0.29, 0.717) is 5.88 Å². The molecular formula is C8H11ClN2O. The molecule has 0 bridgehead atoms. The molecule has 0 atom stereocenters. The summed E-state index contributed by atoms with van der Waals surface area (Å²) in [4.78, 5) is 6.39. The largest absolute Gasteiger partial charge is 0.432 e. The molecule has 12 heavy (non-hydrogen) atoms. The van der Waals surface area contributed by atoms with E-state index in [1.165, 1.54) is 12.8 Å². The van der Waals surface area contributed by atoms with Gasteiger partial charge in [-0.3, -0.25) is 0 Å². The predicted molar refractivity (Wildman–Crippen MR) is 47.5 cm³/mol. The van der Waals surface area contributed by atoms with E-state index in [9.17, 15) is 0 Å². The lowest BCUT2D eigenvalue weighted by molar-refractivity contribution is 0.546. The average molecular weight is 187 g/mol. The SMILES string of the molecule is ClCc1coc(N2CCCC2)n1. The van der Waals surface area contributed by atoms with Crippen molar-refractivity contribution in [2.75, 3.05) is 18.0 Å². The van der Waals surface area contributed by atoms with E-state index in [-0.39, 0.29) is 0 Å². The molecule has 0 aliphatic carbocycles. The second kappa shape index (κ2) is 3.35. The molecule has 2 rings (SSSR count). The molecule has 1 aromatic heterocycles. The van der Waals surface area contributed by atoms with Gasteiger partial charge < -0.3 is 9.32 Å². The Morgan fingerprint density at radius 2 is 2.25 bits per heavy atom. The van der Waals surface area contributed by atoms with Gasteiger partial charge >= 0.3 is 0 Å². The van der Waals surface area contributed by atoms with Crippen LogP contribution >= 0.6 is 11.6 Å². The standard InChI is InChI=1S/C8H11ClN2O/c9-5-7-6-12-8(10-7)11-3-1-2-4-11/h6H,1-5H2. The van der Waals surface area contributed by atoms with E-state index in [2.05, 4.69) is 9.88 Å². The first kappa shape index (κ1) is 7.92. The highest BCUT2D eigenvalue weighted by Gasteiger charge is 2.16. The van der Waals surface area contributed by atoms with Gasteiger partial charge in [0.25, 0.3) is 6.01 Å². The predicted octanol–water partition coefficient (Wildman–Crippen LogP) is 2.01. The summed E-state index contributed by atoms with van der Waals surface area (Å²) in [6.07, 6.45) is 4.10. The third-order valence-corrected chi connectivity index (χ3v) is 2.33. The van der Waals surface area contributed by atoms with Crippen LogP contribution in [0.25, 0.3) is 0 Å². The summed E-state index contributed by atoms with van der Waals surface area (Å²) in [5, 5.41) is 0. The van der Waals surface area contributed by atoms with E-state index in [1.54, 1.807) is 6.26 Å². The zero-order chi connectivity index (χ0) is 8.39. The highest BCUT2D eigenvalue weighted by atomic mass is 35.5. The topological polar surface area (TPSA) is 29.3 Å². The number of oxazole rings is 1. The number of nitrogens with zero attached hydrogens (tertiary/aromatic N) is 2. The highest BCUT2D eigenvalue weighted by molar-refractivity contribution is 6.16. The molecule has 0 radical (unpaired) electrons. The van der Waals surface area contributed by atoms with Crippen LogP contribution < -0.4 is 4.90 Å². The summed E-state index contributed by atoms with van der Waals surface area (Å²) in [6.45, 7) is 2.12. The lowest BCUT2D eigenvalue weighted by atomic mass is 10.4. The Morgan fingerprint density at radius 1 is 1.50 bits per heavy atom. The number of rotatable bonds is 2. The molecule has 1 fully saturated rings. The summed E-state index contributed by atoms with van der Waals surface area (Å²) < 4.78 is 5.27. The molecule has 0 aromatic carbocycles.